The van der Waals surface area contributed by atoms with Crippen molar-refractivity contribution in [2.24, 2.45) is 5.73 Å². The Labute approximate surface area is 93.5 Å². The Bertz CT molecular complexity index is 320. The minimum Gasteiger partial charge on any atom is -0.330 e. The number of alkyl halides is 3. The van der Waals surface area contributed by atoms with Crippen molar-refractivity contribution in [3.63, 3.8) is 0 Å². The summed E-state index contributed by atoms with van der Waals surface area (Å²) in [6, 6.07) is 6.73. The van der Waals surface area contributed by atoms with E-state index in [1.165, 1.54) is 0 Å². The minimum atomic E-state index is -4.13. The van der Waals surface area contributed by atoms with Crippen LogP contribution in [0.3, 0.4) is 0 Å². The van der Waals surface area contributed by atoms with Gasteiger partial charge in [0, 0.05) is 0 Å². The van der Waals surface area contributed by atoms with Crippen molar-refractivity contribution in [1.82, 2.24) is 0 Å². The smallest absolute Gasteiger partial charge is 0.330 e. The molecular weight excluding hydrogens is 215 g/mol. The Kier molecular flexibility index (Phi) is 4.80. The molecule has 0 aromatic heterocycles. The van der Waals surface area contributed by atoms with Crippen LogP contribution < -0.4 is 5.73 Å². The van der Waals surface area contributed by atoms with Crippen LogP contribution in [0.5, 0.6) is 0 Å². The maximum atomic E-state index is 12.3. The highest BCUT2D eigenvalue weighted by Gasteiger charge is 2.28. The van der Waals surface area contributed by atoms with Crippen LogP contribution in [0.15, 0.2) is 24.3 Å². The molecule has 0 heterocycles. The molecule has 2 N–H and O–H groups in total. The van der Waals surface area contributed by atoms with Crippen molar-refractivity contribution < 1.29 is 13.2 Å². The maximum absolute atomic E-state index is 12.3. The van der Waals surface area contributed by atoms with Gasteiger partial charge in [0.15, 0.2) is 0 Å². The molecule has 90 valence electrons. The van der Waals surface area contributed by atoms with Gasteiger partial charge in [-0.2, -0.15) is 13.2 Å². The van der Waals surface area contributed by atoms with Gasteiger partial charge in [0.2, 0.25) is 0 Å². The van der Waals surface area contributed by atoms with Crippen molar-refractivity contribution in [2.45, 2.75) is 31.9 Å². The third kappa shape index (κ3) is 4.66. The number of nitrogens with two attached hydrogens (primary N) is 1. The Balaban J connectivity index is 2.68. The number of hydrogen-bond acceptors (Lipinski definition) is 1. The van der Waals surface area contributed by atoms with E-state index in [4.69, 9.17) is 5.73 Å². The molecular formula is C12H16F3N. The fraction of sp³-hybridized carbons (Fsp3) is 0.500. The summed E-state index contributed by atoms with van der Waals surface area (Å²) in [5.41, 5.74) is 6.52. The van der Waals surface area contributed by atoms with Crippen LogP contribution in [0.4, 0.5) is 13.2 Å². The van der Waals surface area contributed by atoms with Gasteiger partial charge in [-0.05, 0) is 36.9 Å². The summed E-state index contributed by atoms with van der Waals surface area (Å²) in [5.74, 6) is 0. The number of rotatable bonds is 5. The predicted molar refractivity (Wildman–Crippen MR) is 58.2 cm³/mol. The molecule has 0 fully saturated rings. The van der Waals surface area contributed by atoms with Crippen molar-refractivity contribution in [3.8, 4) is 0 Å². The van der Waals surface area contributed by atoms with Crippen LogP contribution in [0.2, 0.25) is 0 Å². The first-order valence-electron chi connectivity index (χ1n) is 5.36. The maximum Gasteiger partial charge on any atom is 0.393 e. The predicted octanol–water partition coefficient (Wildman–Crippen LogP) is 3.07. The summed E-state index contributed by atoms with van der Waals surface area (Å²) in [4.78, 5) is 0. The minimum absolute atomic E-state index is 0.382. The highest BCUT2D eigenvalue weighted by molar-refractivity contribution is 5.28. The largest absolute Gasteiger partial charge is 0.393 e. The van der Waals surface area contributed by atoms with Gasteiger partial charge < -0.3 is 5.73 Å². The summed E-state index contributed by atoms with van der Waals surface area (Å²) in [6.07, 6.45) is -2.62. The van der Waals surface area contributed by atoms with E-state index in [0.29, 0.717) is 18.5 Å². The first-order valence-corrected chi connectivity index (χ1v) is 5.36. The van der Waals surface area contributed by atoms with Gasteiger partial charge in [-0.15, -0.1) is 0 Å². The second kappa shape index (κ2) is 5.89. The molecule has 0 bridgehead atoms. The molecule has 1 aromatic rings. The van der Waals surface area contributed by atoms with Crippen LogP contribution in [0.25, 0.3) is 0 Å². The van der Waals surface area contributed by atoms with Crippen molar-refractivity contribution in [3.05, 3.63) is 35.4 Å². The van der Waals surface area contributed by atoms with E-state index in [2.05, 4.69) is 0 Å². The molecule has 0 saturated heterocycles. The van der Waals surface area contributed by atoms with Gasteiger partial charge in [0.25, 0.3) is 0 Å². The fourth-order valence-corrected chi connectivity index (χ4v) is 1.65. The van der Waals surface area contributed by atoms with E-state index in [1.54, 1.807) is 24.3 Å². The van der Waals surface area contributed by atoms with E-state index in [-0.39, 0.29) is 0 Å². The van der Waals surface area contributed by atoms with Gasteiger partial charge in [-0.25, -0.2) is 0 Å². The number of benzene rings is 1. The Morgan fingerprint density at radius 1 is 1.00 bits per heavy atom. The van der Waals surface area contributed by atoms with Gasteiger partial charge >= 0.3 is 6.18 Å². The molecule has 1 rings (SSSR count). The standard InChI is InChI=1S/C12H16F3N/c13-12(14,15)9-11-7-2-1-5-10(11)6-3-4-8-16/h1-2,5,7H,3-4,6,8-9,16H2. The average molecular weight is 231 g/mol. The monoisotopic (exact) mass is 231 g/mol. The first-order chi connectivity index (χ1) is 7.53. The number of halogens is 3. The zero-order chi connectivity index (χ0) is 12.0. The number of aryl methyl sites for hydroxylation is 1. The molecule has 0 aliphatic rings. The van der Waals surface area contributed by atoms with E-state index < -0.39 is 12.6 Å². The van der Waals surface area contributed by atoms with Gasteiger partial charge in [0.05, 0.1) is 6.42 Å². The Hall–Kier alpha value is -1.03. The molecule has 0 unspecified atom stereocenters. The summed E-state index contributed by atoms with van der Waals surface area (Å²) in [5, 5.41) is 0. The van der Waals surface area contributed by atoms with E-state index in [0.717, 1.165) is 18.4 Å². The second-order valence-corrected chi connectivity index (χ2v) is 3.81. The lowest BCUT2D eigenvalue weighted by Crippen LogP contribution is -2.13. The van der Waals surface area contributed by atoms with Crippen molar-refractivity contribution in [1.29, 1.82) is 0 Å². The number of unbranched alkanes of at least 4 members (excludes halogenated alkanes) is 1. The number of hydrogen-bond donors (Lipinski definition) is 1. The highest BCUT2D eigenvalue weighted by Crippen LogP contribution is 2.24. The van der Waals surface area contributed by atoms with Crippen LogP contribution in [-0.2, 0) is 12.8 Å². The molecule has 16 heavy (non-hydrogen) atoms. The highest BCUT2D eigenvalue weighted by atomic mass is 19.4. The molecule has 0 spiro atoms. The lowest BCUT2D eigenvalue weighted by Gasteiger charge is -2.11. The topological polar surface area (TPSA) is 26.0 Å². The summed E-state index contributed by atoms with van der Waals surface area (Å²) < 4.78 is 36.9. The fourth-order valence-electron chi connectivity index (χ4n) is 1.65. The van der Waals surface area contributed by atoms with Crippen LogP contribution >= 0.6 is 0 Å². The van der Waals surface area contributed by atoms with Crippen LogP contribution in [0, 0.1) is 0 Å². The van der Waals surface area contributed by atoms with Crippen molar-refractivity contribution >= 4 is 0 Å². The third-order valence-electron chi connectivity index (χ3n) is 2.41. The molecule has 0 aliphatic heterocycles. The molecule has 0 atom stereocenters. The van der Waals surface area contributed by atoms with E-state index in [9.17, 15) is 13.2 Å². The second-order valence-electron chi connectivity index (χ2n) is 3.81. The summed E-state index contributed by atoms with van der Waals surface area (Å²) >= 11 is 0. The molecule has 0 saturated carbocycles. The third-order valence-corrected chi connectivity index (χ3v) is 2.41. The van der Waals surface area contributed by atoms with E-state index in [1.807, 2.05) is 0 Å². The quantitative estimate of drug-likeness (QED) is 0.774. The van der Waals surface area contributed by atoms with Crippen LogP contribution in [-0.4, -0.2) is 12.7 Å². The van der Waals surface area contributed by atoms with Gasteiger partial charge in [0.1, 0.15) is 0 Å². The zero-order valence-corrected chi connectivity index (χ0v) is 9.06. The normalized spacial score (nSPS) is 11.8. The lowest BCUT2D eigenvalue weighted by atomic mass is 9.99. The Morgan fingerprint density at radius 2 is 1.62 bits per heavy atom. The molecule has 0 radical (unpaired) electrons. The first kappa shape index (κ1) is 13.0. The molecule has 1 aromatic carbocycles. The molecule has 1 nitrogen and oxygen atoms in total. The summed E-state index contributed by atoms with van der Waals surface area (Å²) in [6.45, 7) is 0.585. The van der Waals surface area contributed by atoms with Gasteiger partial charge in [-0.3, -0.25) is 0 Å². The summed E-state index contributed by atoms with van der Waals surface area (Å²) in [7, 11) is 0. The van der Waals surface area contributed by atoms with Crippen LogP contribution in [0.1, 0.15) is 24.0 Å². The Morgan fingerprint density at radius 3 is 2.19 bits per heavy atom. The van der Waals surface area contributed by atoms with E-state index >= 15 is 0 Å². The molecule has 0 aliphatic carbocycles. The zero-order valence-electron chi connectivity index (χ0n) is 9.06. The molecule has 0 amide bonds. The van der Waals surface area contributed by atoms with Gasteiger partial charge in [-0.1, -0.05) is 24.3 Å². The van der Waals surface area contributed by atoms with Crippen molar-refractivity contribution in [2.75, 3.05) is 6.54 Å². The average Bonchev–Trinajstić information content (AvgIpc) is 2.19. The SMILES string of the molecule is NCCCCc1ccccc1CC(F)(F)F. The lowest BCUT2D eigenvalue weighted by molar-refractivity contribution is -0.127. The molecule has 4 heteroatoms.